The topological polar surface area (TPSA) is 55.4 Å². The average molecular weight is 211 g/mol. The third-order valence-electron chi connectivity index (χ3n) is 2.43. The molecule has 0 aliphatic heterocycles. The molecule has 1 fully saturated rings. The van der Waals surface area contributed by atoms with Crippen molar-refractivity contribution in [3.63, 3.8) is 0 Å². The molecular weight excluding hydrogens is 194 g/mol. The van der Waals surface area contributed by atoms with Gasteiger partial charge in [-0.05, 0) is 32.6 Å². The Hall–Kier alpha value is -1.32. The molecule has 4 heteroatoms. The standard InChI is InChI=1S/C11H17NO3/c1-8(2)10(13)12-11(14)15-9-6-4-3-5-7-9/h9H,1,3-7H2,2H3,(H,12,13,14). The maximum absolute atomic E-state index is 11.2. The Balaban J connectivity index is 2.28. The first-order chi connectivity index (χ1) is 7.09. The summed E-state index contributed by atoms with van der Waals surface area (Å²) < 4.78 is 5.10. The number of nitrogens with one attached hydrogen (secondary N) is 1. The number of hydrogen-bond donors (Lipinski definition) is 1. The number of hydrogen-bond acceptors (Lipinski definition) is 3. The fraction of sp³-hybridized carbons (Fsp3) is 0.636. The van der Waals surface area contributed by atoms with E-state index in [2.05, 4.69) is 11.9 Å². The van der Waals surface area contributed by atoms with Crippen LogP contribution < -0.4 is 5.32 Å². The van der Waals surface area contributed by atoms with Gasteiger partial charge in [0, 0.05) is 5.57 Å². The van der Waals surface area contributed by atoms with Crippen molar-refractivity contribution in [2.75, 3.05) is 0 Å². The van der Waals surface area contributed by atoms with Gasteiger partial charge in [0.2, 0.25) is 0 Å². The lowest BCUT2D eigenvalue weighted by Crippen LogP contribution is -2.34. The van der Waals surface area contributed by atoms with Crippen LogP contribution >= 0.6 is 0 Å². The van der Waals surface area contributed by atoms with Crippen molar-refractivity contribution in [3.05, 3.63) is 12.2 Å². The number of carbonyl (C=O) groups excluding carboxylic acids is 2. The van der Waals surface area contributed by atoms with E-state index < -0.39 is 12.0 Å². The zero-order chi connectivity index (χ0) is 11.3. The molecule has 0 aromatic heterocycles. The summed E-state index contributed by atoms with van der Waals surface area (Å²) in [5.41, 5.74) is 0.301. The van der Waals surface area contributed by atoms with Crippen LogP contribution in [-0.2, 0) is 9.53 Å². The third kappa shape index (κ3) is 4.14. The number of imide groups is 1. The number of carbonyl (C=O) groups is 2. The smallest absolute Gasteiger partial charge is 0.414 e. The molecule has 0 spiro atoms. The van der Waals surface area contributed by atoms with Gasteiger partial charge in [-0.15, -0.1) is 0 Å². The molecule has 0 atom stereocenters. The van der Waals surface area contributed by atoms with Crippen LogP contribution in [-0.4, -0.2) is 18.1 Å². The van der Waals surface area contributed by atoms with Crippen LogP contribution in [0.25, 0.3) is 0 Å². The summed E-state index contributed by atoms with van der Waals surface area (Å²) in [4.78, 5) is 22.3. The summed E-state index contributed by atoms with van der Waals surface area (Å²) in [6.07, 6.45) is 4.49. The fourth-order valence-electron chi connectivity index (χ4n) is 1.56. The largest absolute Gasteiger partial charge is 0.446 e. The van der Waals surface area contributed by atoms with Gasteiger partial charge in [0.25, 0.3) is 5.91 Å². The lowest BCUT2D eigenvalue weighted by Gasteiger charge is -2.21. The Morgan fingerprint density at radius 3 is 2.40 bits per heavy atom. The van der Waals surface area contributed by atoms with Crippen LogP contribution in [0.15, 0.2) is 12.2 Å². The quantitative estimate of drug-likeness (QED) is 0.712. The van der Waals surface area contributed by atoms with Crippen molar-refractivity contribution in [2.45, 2.75) is 45.1 Å². The fourth-order valence-corrected chi connectivity index (χ4v) is 1.56. The summed E-state index contributed by atoms with van der Waals surface area (Å²) in [6.45, 7) is 4.98. The third-order valence-corrected chi connectivity index (χ3v) is 2.43. The highest BCUT2D eigenvalue weighted by molar-refractivity contribution is 6.01. The Bertz CT molecular complexity index is 267. The highest BCUT2D eigenvalue weighted by Crippen LogP contribution is 2.20. The summed E-state index contributed by atoms with van der Waals surface area (Å²) >= 11 is 0. The van der Waals surface area contributed by atoms with E-state index in [1.165, 1.54) is 6.42 Å². The van der Waals surface area contributed by atoms with Crippen molar-refractivity contribution in [2.24, 2.45) is 0 Å². The van der Waals surface area contributed by atoms with Gasteiger partial charge in [0.05, 0.1) is 0 Å². The Kier molecular flexibility index (Phi) is 4.34. The second-order valence-corrected chi connectivity index (χ2v) is 3.90. The molecule has 0 saturated heterocycles. The molecule has 0 radical (unpaired) electrons. The Labute approximate surface area is 89.7 Å². The Morgan fingerprint density at radius 2 is 1.87 bits per heavy atom. The van der Waals surface area contributed by atoms with E-state index in [0.717, 1.165) is 25.7 Å². The van der Waals surface area contributed by atoms with Crippen molar-refractivity contribution < 1.29 is 14.3 Å². The number of ether oxygens (including phenoxy) is 1. The molecule has 1 aliphatic rings. The van der Waals surface area contributed by atoms with Gasteiger partial charge in [-0.25, -0.2) is 4.79 Å². The van der Waals surface area contributed by atoms with Crippen LogP contribution in [0.1, 0.15) is 39.0 Å². The monoisotopic (exact) mass is 211 g/mol. The molecule has 1 saturated carbocycles. The molecule has 2 amide bonds. The van der Waals surface area contributed by atoms with Crippen LogP contribution in [0.3, 0.4) is 0 Å². The lowest BCUT2D eigenvalue weighted by atomic mass is 9.98. The zero-order valence-electron chi connectivity index (χ0n) is 9.04. The van der Waals surface area contributed by atoms with Crippen LogP contribution in [0.2, 0.25) is 0 Å². The molecule has 0 unspecified atom stereocenters. The van der Waals surface area contributed by atoms with Crippen LogP contribution in [0.4, 0.5) is 4.79 Å². The van der Waals surface area contributed by atoms with E-state index in [4.69, 9.17) is 4.74 Å². The molecule has 0 heterocycles. The van der Waals surface area contributed by atoms with E-state index in [-0.39, 0.29) is 6.10 Å². The van der Waals surface area contributed by atoms with Crippen molar-refractivity contribution >= 4 is 12.0 Å². The lowest BCUT2D eigenvalue weighted by molar-refractivity contribution is -0.117. The van der Waals surface area contributed by atoms with E-state index in [9.17, 15) is 9.59 Å². The molecule has 0 bridgehead atoms. The predicted octanol–water partition coefficient (Wildman–Crippen LogP) is 2.15. The van der Waals surface area contributed by atoms with E-state index >= 15 is 0 Å². The van der Waals surface area contributed by atoms with Crippen LogP contribution in [0.5, 0.6) is 0 Å². The van der Waals surface area contributed by atoms with Gasteiger partial charge in [0.1, 0.15) is 6.10 Å². The van der Waals surface area contributed by atoms with Gasteiger partial charge < -0.3 is 4.74 Å². The minimum Gasteiger partial charge on any atom is -0.446 e. The van der Waals surface area contributed by atoms with Crippen molar-refractivity contribution in [1.82, 2.24) is 5.32 Å². The SMILES string of the molecule is C=C(C)C(=O)NC(=O)OC1CCCCC1. The molecule has 0 aromatic rings. The minimum atomic E-state index is -0.657. The summed E-state index contributed by atoms with van der Waals surface area (Å²) in [5.74, 6) is -0.476. The highest BCUT2D eigenvalue weighted by atomic mass is 16.6. The maximum atomic E-state index is 11.2. The summed E-state index contributed by atoms with van der Waals surface area (Å²) in [6, 6.07) is 0. The average Bonchev–Trinajstić information content (AvgIpc) is 2.18. The molecule has 84 valence electrons. The molecule has 1 N–H and O–H groups in total. The van der Waals surface area contributed by atoms with E-state index in [1.54, 1.807) is 6.92 Å². The molecule has 0 aromatic carbocycles. The molecule has 4 nitrogen and oxygen atoms in total. The number of rotatable bonds is 2. The molecular formula is C11H17NO3. The zero-order valence-corrected chi connectivity index (χ0v) is 9.04. The Morgan fingerprint density at radius 1 is 1.27 bits per heavy atom. The normalized spacial score (nSPS) is 16.9. The van der Waals surface area contributed by atoms with Crippen LogP contribution in [0, 0.1) is 0 Å². The van der Waals surface area contributed by atoms with Gasteiger partial charge in [-0.1, -0.05) is 13.0 Å². The van der Waals surface area contributed by atoms with Crippen molar-refractivity contribution in [3.8, 4) is 0 Å². The van der Waals surface area contributed by atoms with Crippen molar-refractivity contribution in [1.29, 1.82) is 0 Å². The second-order valence-electron chi connectivity index (χ2n) is 3.90. The summed E-state index contributed by atoms with van der Waals surface area (Å²) in [5, 5.41) is 2.13. The number of amides is 2. The van der Waals surface area contributed by atoms with Gasteiger partial charge in [0.15, 0.2) is 0 Å². The second kappa shape index (κ2) is 5.53. The van der Waals surface area contributed by atoms with Gasteiger partial charge in [-0.2, -0.15) is 0 Å². The molecule has 1 rings (SSSR count). The first-order valence-corrected chi connectivity index (χ1v) is 5.27. The number of alkyl carbamates (subject to hydrolysis) is 1. The first kappa shape index (κ1) is 11.8. The maximum Gasteiger partial charge on any atom is 0.414 e. The van der Waals surface area contributed by atoms with Gasteiger partial charge >= 0.3 is 6.09 Å². The highest BCUT2D eigenvalue weighted by Gasteiger charge is 2.18. The minimum absolute atomic E-state index is 0.0309. The predicted molar refractivity (Wildman–Crippen MR) is 56.3 cm³/mol. The van der Waals surface area contributed by atoms with Gasteiger partial charge in [-0.3, -0.25) is 10.1 Å². The van der Waals surface area contributed by atoms with E-state index in [1.807, 2.05) is 0 Å². The first-order valence-electron chi connectivity index (χ1n) is 5.27. The van der Waals surface area contributed by atoms with E-state index in [0.29, 0.717) is 5.57 Å². The molecule has 15 heavy (non-hydrogen) atoms. The molecule has 1 aliphatic carbocycles. The summed E-state index contributed by atoms with van der Waals surface area (Å²) in [7, 11) is 0.